The van der Waals surface area contributed by atoms with E-state index in [9.17, 15) is 8.42 Å². The maximum Gasteiger partial charge on any atom is 0.243 e. The number of rotatable bonds is 4. The van der Waals surface area contributed by atoms with Crippen LogP contribution in [0, 0.1) is 0 Å². The molecule has 2 aromatic carbocycles. The molecular weight excluding hydrogens is 326 g/mol. The molecule has 1 heterocycles. The van der Waals surface area contributed by atoms with Crippen molar-refractivity contribution in [3.8, 4) is 5.75 Å². The molecule has 130 valence electrons. The molecular formula is C18H23NO4S. The molecule has 1 aliphatic heterocycles. The molecule has 0 spiro atoms. The molecule has 0 radical (unpaired) electrons. The van der Waals surface area contributed by atoms with Crippen molar-refractivity contribution < 1.29 is 17.9 Å². The molecule has 0 saturated carbocycles. The van der Waals surface area contributed by atoms with Crippen molar-refractivity contribution in [2.45, 2.75) is 37.9 Å². The Bertz CT molecular complexity index is 824. The zero-order valence-electron chi connectivity index (χ0n) is 14.2. The van der Waals surface area contributed by atoms with Crippen LogP contribution >= 0.6 is 0 Å². The van der Waals surface area contributed by atoms with Crippen molar-refractivity contribution in [2.75, 3.05) is 19.7 Å². The number of nitrogens with zero attached hydrogens (tertiary/aromatic N) is 1. The SMILES string of the molecule is CCOc1ccc2cc(S(=O)(=O)N3CC(C)OC(C)C3)ccc2c1. The van der Waals surface area contributed by atoms with Crippen LogP contribution in [0.3, 0.4) is 0 Å². The van der Waals surface area contributed by atoms with E-state index in [4.69, 9.17) is 9.47 Å². The van der Waals surface area contributed by atoms with Crippen LogP contribution in [-0.4, -0.2) is 44.6 Å². The molecule has 2 atom stereocenters. The lowest BCUT2D eigenvalue weighted by atomic mass is 10.1. The molecule has 0 bridgehead atoms. The summed E-state index contributed by atoms with van der Waals surface area (Å²) in [6.07, 6.45) is -0.199. The second-order valence-electron chi connectivity index (χ2n) is 6.18. The van der Waals surface area contributed by atoms with E-state index in [1.54, 1.807) is 12.1 Å². The average molecular weight is 349 g/mol. The zero-order valence-corrected chi connectivity index (χ0v) is 15.0. The van der Waals surface area contributed by atoms with Gasteiger partial charge >= 0.3 is 0 Å². The highest BCUT2D eigenvalue weighted by Gasteiger charge is 2.32. The van der Waals surface area contributed by atoms with Crippen LogP contribution in [0.15, 0.2) is 41.3 Å². The molecule has 6 heteroatoms. The fraction of sp³-hybridized carbons (Fsp3) is 0.444. The van der Waals surface area contributed by atoms with Crippen LogP contribution in [0.4, 0.5) is 0 Å². The van der Waals surface area contributed by atoms with Crippen LogP contribution in [0.5, 0.6) is 5.75 Å². The largest absolute Gasteiger partial charge is 0.494 e. The van der Waals surface area contributed by atoms with Gasteiger partial charge in [0.15, 0.2) is 0 Å². The first kappa shape index (κ1) is 17.2. The minimum Gasteiger partial charge on any atom is -0.494 e. The lowest BCUT2D eigenvalue weighted by molar-refractivity contribution is -0.0440. The Kier molecular flexibility index (Phi) is 4.80. The summed E-state index contributed by atoms with van der Waals surface area (Å²) in [7, 11) is -3.52. The number of hydrogen-bond donors (Lipinski definition) is 0. The molecule has 2 unspecified atom stereocenters. The summed E-state index contributed by atoms with van der Waals surface area (Å²) >= 11 is 0. The van der Waals surface area contributed by atoms with Gasteiger partial charge < -0.3 is 9.47 Å². The van der Waals surface area contributed by atoms with Crippen molar-refractivity contribution in [1.29, 1.82) is 0 Å². The molecule has 24 heavy (non-hydrogen) atoms. The standard InChI is InChI=1S/C18H23NO4S/c1-4-22-17-7-5-16-10-18(8-6-15(16)9-17)24(20,21)19-11-13(2)23-14(3)12-19/h5-10,13-14H,4,11-12H2,1-3H3. The fourth-order valence-corrected chi connectivity index (χ4v) is 4.72. The van der Waals surface area contributed by atoms with Gasteiger partial charge in [-0.3, -0.25) is 0 Å². The molecule has 1 saturated heterocycles. The first-order valence-electron chi connectivity index (χ1n) is 8.22. The maximum absolute atomic E-state index is 12.9. The monoisotopic (exact) mass is 349 g/mol. The summed E-state index contributed by atoms with van der Waals surface area (Å²) < 4.78 is 38.5. The van der Waals surface area contributed by atoms with E-state index in [1.165, 1.54) is 4.31 Å². The summed E-state index contributed by atoms with van der Waals surface area (Å²) in [5, 5.41) is 1.84. The molecule has 0 amide bonds. The van der Waals surface area contributed by atoms with Gasteiger partial charge in [-0.25, -0.2) is 8.42 Å². The van der Waals surface area contributed by atoms with Gasteiger partial charge in [-0.05, 0) is 55.8 Å². The van der Waals surface area contributed by atoms with Gasteiger partial charge in [0.25, 0.3) is 0 Å². The fourth-order valence-electron chi connectivity index (χ4n) is 3.09. The number of benzene rings is 2. The molecule has 0 aliphatic carbocycles. The first-order valence-corrected chi connectivity index (χ1v) is 9.66. The second-order valence-corrected chi connectivity index (χ2v) is 8.12. The third-order valence-corrected chi connectivity index (χ3v) is 5.95. The Hall–Kier alpha value is -1.63. The molecule has 5 nitrogen and oxygen atoms in total. The van der Waals surface area contributed by atoms with Gasteiger partial charge in [0.2, 0.25) is 10.0 Å². The van der Waals surface area contributed by atoms with Gasteiger partial charge in [-0.15, -0.1) is 0 Å². The first-order chi connectivity index (χ1) is 11.4. The van der Waals surface area contributed by atoms with Crippen LogP contribution in [0.2, 0.25) is 0 Å². The molecule has 0 aromatic heterocycles. The van der Waals surface area contributed by atoms with E-state index in [-0.39, 0.29) is 12.2 Å². The topological polar surface area (TPSA) is 55.8 Å². The Morgan fingerprint density at radius 1 is 1.08 bits per heavy atom. The Balaban J connectivity index is 1.94. The summed E-state index contributed by atoms with van der Waals surface area (Å²) in [6, 6.07) is 10.9. The number of hydrogen-bond acceptors (Lipinski definition) is 4. The highest BCUT2D eigenvalue weighted by Crippen LogP contribution is 2.27. The summed E-state index contributed by atoms with van der Waals surface area (Å²) in [4.78, 5) is 0.320. The molecule has 1 fully saturated rings. The van der Waals surface area contributed by atoms with Crippen LogP contribution < -0.4 is 4.74 Å². The summed E-state index contributed by atoms with van der Waals surface area (Å²) in [6.45, 7) is 7.10. The van der Waals surface area contributed by atoms with Crippen LogP contribution in [-0.2, 0) is 14.8 Å². The highest BCUT2D eigenvalue weighted by atomic mass is 32.2. The highest BCUT2D eigenvalue weighted by molar-refractivity contribution is 7.89. The molecule has 0 N–H and O–H groups in total. The third kappa shape index (κ3) is 3.41. The Morgan fingerprint density at radius 2 is 1.71 bits per heavy atom. The normalized spacial score (nSPS) is 22.6. The van der Waals surface area contributed by atoms with Crippen molar-refractivity contribution in [3.63, 3.8) is 0 Å². The second kappa shape index (κ2) is 6.70. The van der Waals surface area contributed by atoms with Crippen molar-refractivity contribution in [3.05, 3.63) is 36.4 Å². The quantitative estimate of drug-likeness (QED) is 0.851. The number of fused-ring (bicyclic) bond motifs is 1. The number of sulfonamides is 1. The third-order valence-electron chi connectivity index (χ3n) is 4.12. The van der Waals surface area contributed by atoms with E-state index in [0.717, 1.165) is 16.5 Å². The number of ether oxygens (including phenoxy) is 2. The van der Waals surface area contributed by atoms with E-state index < -0.39 is 10.0 Å². The van der Waals surface area contributed by atoms with Gasteiger partial charge in [0, 0.05) is 13.1 Å². The average Bonchev–Trinajstić information content (AvgIpc) is 2.53. The lowest BCUT2D eigenvalue weighted by Gasteiger charge is -2.34. The summed E-state index contributed by atoms with van der Waals surface area (Å²) in [5.41, 5.74) is 0. The zero-order chi connectivity index (χ0) is 17.3. The molecule has 2 aromatic rings. The smallest absolute Gasteiger partial charge is 0.243 e. The van der Waals surface area contributed by atoms with Gasteiger partial charge in [0.1, 0.15) is 5.75 Å². The predicted molar refractivity (Wildman–Crippen MR) is 93.9 cm³/mol. The van der Waals surface area contributed by atoms with Gasteiger partial charge in [-0.2, -0.15) is 4.31 Å². The van der Waals surface area contributed by atoms with Gasteiger partial charge in [0.05, 0.1) is 23.7 Å². The lowest BCUT2D eigenvalue weighted by Crippen LogP contribution is -2.48. The maximum atomic E-state index is 12.9. The van der Waals surface area contributed by atoms with Crippen molar-refractivity contribution in [2.24, 2.45) is 0 Å². The predicted octanol–water partition coefficient (Wildman–Crippen LogP) is 3.04. The van der Waals surface area contributed by atoms with Crippen molar-refractivity contribution >= 4 is 20.8 Å². The van der Waals surface area contributed by atoms with Crippen LogP contribution in [0.1, 0.15) is 20.8 Å². The van der Waals surface area contributed by atoms with E-state index in [2.05, 4.69) is 0 Å². The van der Waals surface area contributed by atoms with Crippen LogP contribution in [0.25, 0.3) is 10.8 Å². The minimum absolute atomic E-state index is 0.0993. The minimum atomic E-state index is -3.52. The Morgan fingerprint density at radius 3 is 2.38 bits per heavy atom. The summed E-state index contributed by atoms with van der Waals surface area (Å²) in [5.74, 6) is 0.788. The van der Waals surface area contributed by atoms with E-state index in [1.807, 2.05) is 45.0 Å². The Labute approximate surface area is 143 Å². The molecule has 3 rings (SSSR count). The van der Waals surface area contributed by atoms with E-state index in [0.29, 0.717) is 24.6 Å². The van der Waals surface area contributed by atoms with Crippen molar-refractivity contribution in [1.82, 2.24) is 4.31 Å². The van der Waals surface area contributed by atoms with E-state index >= 15 is 0 Å². The number of morpholine rings is 1. The molecule has 1 aliphatic rings. The van der Waals surface area contributed by atoms with Gasteiger partial charge in [-0.1, -0.05) is 12.1 Å².